The Kier molecular flexibility index (Phi) is 17.1. The van der Waals surface area contributed by atoms with Crippen LogP contribution in [0.2, 0.25) is 0 Å². The molecule has 8 atom stereocenters. The predicted molar refractivity (Wildman–Crippen MR) is 268 cm³/mol. The highest BCUT2D eigenvalue weighted by molar-refractivity contribution is 6.07. The number of fused-ring (bicyclic) bond motifs is 2. The minimum atomic E-state index is -0.987. The van der Waals surface area contributed by atoms with Gasteiger partial charge in [-0.15, -0.1) is 4.99 Å². The maximum Gasteiger partial charge on any atom is 0.437 e. The van der Waals surface area contributed by atoms with Crippen LogP contribution >= 0.6 is 0 Å². The maximum atomic E-state index is 14.5. The number of benzene rings is 3. The second-order valence-electron chi connectivity index (χ2n) is 21.9. The van der Waals surface area contributed by atoms with Crippen LogP contribution in [0.25, 0.3) is 11.1 Å². The van der Waals surface area contributed by atoms with Gasteiger partial charge in [-0.2, -0.15) is 5.06 Å². The summed E-state index contributed by atoms with van der Waals surface area (Å²) in [5.41, 5.74) is 1.63. The number of methoxy groups -OCH3 is 1. The highest BCUT2D eigenvalue weighted by Gasteiger charge is 2.57. The number of aliphatic hydroxyl groups excluding tert-OH is 2. The maximum absolute atomic E-state index is 14.5. The Labute approximate surface area is 413 Å². The van der Waals surface area contributed by atoms with Gasteiger partial charge in [-0.25, -0.2) is 9.59 Å². The molecule has 1 heterocycles. The number of para-hydroxylation sites is 1. The number of anilines is 1. The summed E-state index contributed by atoms with van der Waals surface area (Å²) in [5, 5.41) is 34.7. The second kappa shape index (κ2) is 22.2. The van der Waals surface area contributed by atoms with Gasteiger partial charge in [0.15, 0.2) is 0 Å². The van der Waals surface area contributed by atoms with Crippen molar-refractivity contribution >= 4 is 35.6 Å². The number of rotatable bonds is 15. The Morgan fingerprint density at radius 3 is 2.23 bits per heavy atom. The number of alkyl carbamates (subject to hydrolysis) is 1. The number of likely N-dealkylation sites (N-methyl/N-ethyl adjacent to an activating group) is 1. The van der Waals surface area contributed by atoms with Gasteiger partial charge < -0.3 is 45.3 Å². The van der Waals surface area contributed by atoms with E-state index >= 15 is 0 Å². The van der Waals surface area contributed by atoms with Crippen molar-refractivity contribution in [3.63, 3.8) is 0 Å². The van der Waals surface area contributed by atoms with E-state index in [9.17, 15) is 29.4 Å². The van der Waals surface area contributed by atoms with Gasteiger partial charge in [0.25, 0.3) is 5.91 Å². The molecule has 0 spiro atoms. The Balaban J connectivity index is 1.38. The van der Waals surface area contributed by atoms with Crippen LogP contribution in [-0.4, -0.2) is 127 Å². The fourth-order valence-corrected chi connectivity index (χ4v) is 10.3. The van der Waals surface area contributed by atoms with Crippen molar-refractivity contribution < 1.29 is 48.4 Å². The minimum Gasteiger partial charge on any atom is -0.496 e. The number of amides is 4. The van der Waals surface area contributed by atoms with Gasteiger partial charge in [-0.1, -0.05) is 69.3 Å². The van der Waals surface area contributed by atoms with Crippen molar-refractivity contribution in [3.05, 3.63) is 83.4 Å². The summed E-state index contributed by atoms with van der Waals surface area (Å²) in [5.74, 6) is -0.0305. The number of carbonyl (C=O) groups is 4. The van der Waals surface area contributed by atoms with E-state index in [-0.39, 0.29) is 59.7 Å². The number of hydroxylamine groups is 2. The summed E-state index contributed by atoms with van der Waals surface area (Å²) < 4.78 is 17.1. The molecule has 17 heteroatoms. The summed E-state index contributed by atoms with van der Waals surface area (Å²) in [6, 6.07) is 19.1. The number of ether oxygens (including phenoxy) is 3. The lowest BCUT2D eigenvalue weighted by Crippen LogP contribution is -2.62. The zero-order valence-corrected chi connectivity index (χ0v) is 42.9. The molecule has 6 N–H and O–H groups in total. The minimum absolute atomic E-state index is 0.0318. The fourth-order valence-electron chi connectivity index (χ4n) is 10.3. The van der Waals surface area contributed by atoms with Gasteiger partial charge in [-0.3, -0.25) is 19.7 Å². The number of aliphatic imine (C=N–C) groups is 1. The second-order valence-corrected chi connectivity index (χ2v) is 21.9. The lowest BCUT2D eigenvalue weighted by atomic mass is 9.45. The van der Waals surface area contributed by atoms with Crippen LogP contribution in [0, 0.1) is 29.1 Å². The number of nitrogens with zero attached hydrogens (tertiary/aromatic N) is 3. The van der Waals surface area contributed by atoms with E-state index in [1.807, 2.05) is 67.5 Å². The number of hydrogen-bond acceptors (Lipinski definition) is 12. The van der Waals surface area contributed by atoms with Crippen molar-refractivity contribution in [3.8, 4) is 16.9 Å². The molecule has 17 nitrogen and oxygen atoms in total. The van der Waals surface area contributed by atoms with E-state index in [1.54, 1.807) is 59.7 Å². The van der Waals surface area contributed by atoms with Crippen LogP contribution in [-0.2, 0) is 32.1 Å². The lowest BCUT2D eigenvalue weighted by Gasteiger charge is -2.62. The van der Waals surface area contributed by atoms with E-state index in [1.165, 1.54) is 12.2 Å². The molecule has 4 aliphatic rings. The fraction of sp³-hybridized carbons (Fsp3) is 0.566. The highest BCUT2D eigenvalue weighted by Crippen LogP contribution is 2.61. The zero-order chi connectivity index (χ0) is 51.3. The topological polar surface area (TPSA) is 213 Å². The Bertz CT molecular complexity index is 2360. The van der Waals surface area contributed by atoms with Crippen LogP contribution in [0.3, 0.4) is 0 Å². The molecule has 0 aromatic heterocycles. The molecule has 3 saturated carbocycles. The third kappa shape index (κ3) is 13.4. The molecular weight excluding hydrogens is 895 g/mol. The number of nitrogens with one attached hydrogen (secondary N) is 4. The molecule has 70 heavy (non-hydrogen) atoms. The van der Waals surface area contributed by atoms with E-state index in [2.05, 4.69) is 47.0 Å². The average Bonchev–Trinajstić information content (AvgIpc) is 3.62. The van der Waals surface area contributed by atoms with Gasteiger partial charge in [0, 0.05) is 46.9 Å². The standard InChI is InChI=1S/C53H75N7O10/c1-31-41-25-36(53(41,8)9)26-42(31)56-47(64)44-40(29-61)43(30-62)70-60(44)27-33-19-16-20-39(45(33)67-12)34-22-35(46(63)54-38(28-59(10)11)21-32-17-14-13-15-18-32)24-37(23-34)55-48(57-49(65)68-51(2,3)4)58-50(66)69-52(5,6)7/h13-20,22-24,31,36,38,40-44,61-62H,21,25-30H2,1-12H3,(H,54,63)(H,56,64)(H2,55,57,58,65,66)/t31-,36+,38-,40+,41-,42-,43-,44-/m0/s1. The lowest BCUT2D eigenvalue weighted by molar-refractivity contribution is -0.183. The van der Waals surface area contributed by atoms with E-state index < -0.39 is 54.0 Å². The van der Waals surface area contributed by atoms with Gasteiger partial charge >= 0.3 is 12.2 Å². The SMILES string of the molecule is COc1c(CN2O[C@@H](CO)[C@@H](CO)[C@H]2C(=O)N[C@H]2C[C@H]3C[C@@H]([C@@H]2C)C3(C)C)cccc1-c1cc(N/C(=N/C(=O)OC(C)(C)C)NC(=O)OC(C)(C)C)cc(C(=O)N[C@@H](Cc2ccccc2)CN(C)C)c1. The summed E-state index contributed by atoms with van der Waals surface area (Å²) in [6.07, 6.45) is -0.132. The predicted octanol–water partition coefficient (Wildman–Crippen LogP) is 6.76. The quantitative estimate of drug-likeness (QED) is 0.0687. The number of hydrogen-bond donors (Lipinski definition) is 6. The molecule has 0 radical (unpaired) electrons. The molecule has 4 fully saturated rings. The number of carbonyl (C=O) groups excluding carboxylic acids is 4. The third-order valence-corrected chi connectivity index (χ3v) is 13.7. The molecule has 0 unspecified atom stereocenters. The summed E-state index contributed by atoms with van der Waals surface area (Å²) in [4.78, 5) is 67.5. The van der Waals surface area contributed by atoms with Gasteiger partial charge in [0.1, 0.15) is 29.1 Å². The highest BCUT2D eigenvalue weighted by atomic mass is 16.7. The molecule has 3 aromatic carbocycles. The molecule has 7 rings (SSSR count). The Morgan fingerprint density at radius 2 is 1.63 bits per heavy atom. The number of aliphatic hydroxyl groups is 2. The normalized spacial score (nSPS) is 23.7. The first kappa shape index (κ1) is 53.8. The summed E-state index contributed by atoms with van der Waals surface area (Å²) in [6.45, 7) is 16.7. The van der Waals surface area contributed by atoms with E-state index in [0.717, 1.165) is 18.4 Å². The largest absolute Gasteiger partial charge is 0.496 e. The molecule has 4 amide bonds. The zero-order valence-electron chi connectivity index (χ0n) is 42.9. The van der Waals surface area contributed by atoms with Crippen LogP contribution < -0.4 is 26.0 Å². The van der Waals surface area contributed by atoms with Gasteiger partial charge in [0.05, 0.1) is 26.9 Å². The molecule has 1 saturated heterocycles. The van der Waals surface area contributed by atoms with Crippen LogP contribution in [0.15, 0.2) is 71.7 Å². The van der Waals surface area contributed by atoms with E-state index in [0.29, 0.717) is 47.2 Å². The van der Waals surface area contributed by atoms with Gasteiger partial charge in [-0.05, 0) is 127 Å². The first-order valence-electron chi connectivity index (χ1n) is 24.2. The van der Waals surface area contributed by atoms with Crippen molar-refractivity contribution in [2.75, 3.05) is 46.3 Å². The molecule has 2 bridgehead atoms. The third-order valence-electron chi connectivity index (χ3n) is 13.7. The van der Waals surface area contributed by atoms with Crippen molar-refractivity contribution in [1.29, 1.82) is 0 Å². The van der Waals surface area contributed by atoms with Gasteiger partial charge in [0.2, 0.25) is 11.9 Å². The monoisotopic (exact) mass is 970 g/mol. The van der Waals surface area contributed by atoms with Crippen molar-refractivity contribution in [1.82, 2.24) is 25.9 Å². The first-order chi connectivity index (χ1) is 32.9. The molecule has 1 aliphatic heterocycles. The summed E-state index contributed by atoms with van der Waals surface area (Å²) >= 11 is 0. The summed E-state index contributed by atoms with van der Waals surface area (Å²) in [7, 11) is 5.39. The molecule has 382 valence electrons. The van der Waals surface area contributed by atoms with Crippen LogP contribution in [0.4, 0.5) is 15.3 Å². The molecular formula is C53H75N7O10. The smallest absolute Gasteiger partial charge is 0.437 e. The van der Waals surface area contributed by atoms with Crippen LogP contribution in [0.1, 0.15) is 96.6 Å². The Hall–Kier alpha value is -5.59. The van der Waals surface area contributed by atoms with Crippen LogP contribution in [0.5, 0.6) is 5.75 Å². The number of guanidine groups is 1. The molecule has 3 aliphatic carbocycles. The van der Waals surface area contributed by atoms with E-state index in [4.69, 9.17) is 19.0 Å². The Morgan fingerprint density at radius 1 is 0.929 bits per heavy atom. The van der Waals surface area contributed by atoms with Crippen molar-refractivity contribution in [2.24, 2.45) is 34.1 Å². The van der Waals surface area contributed by atoms with Crippen molar-refractivity contribution in [2.45, 2.75) is 124 Å². The average molecular weight is 970 g/mol. The molecule has 3 aromatic rings. The first-order valence-corrected chi connectivity index (χ1v) is 24.2.